The van der Waals surface area contributed by atoms with Crippen molar-refractivity contribution in [1.29, 1.82) is 0 Å². The number of halogens is 2. The zero-order valence-electron chi connectivity index (χ0n) is 8.30. The predicted molar refractivity (Wildman–Crippen MR) is 60.2 cm³/mol. The molecule has 0 spiro atoms. The van der Waals surface area contributed by atoms with Crippen molar-refractivity contribution in [3.8, 4) is 0 Å². The summed E-state index contributed by atoms with van der Waals surface area (Å²) < 4.78 is 0. The third-order valence-corrected chi connectivity index (χ3v) is 2.52. The first-order valence-corrected chi connectivity index (χ1v) is 5.38. The molecule has 0 atom stereocenters. The Kier molecular flexibility index (Phi) is 4.42. The van der Waals surface area contributed by atoms with Gasteiger partial charge in [0.1, 0.15) is 17.3 Å². The molecule has 1 aromatic heterocycles. The number of rotatable bonds is 4. The standard InChI is InChI=1S/C9H13Cl2N3/c1-3-4-14(2)9-7(5-10)8(11)12-6-13-9/h6H,3-5H2,1-2H3. The summed E-state index contributed by atoms with van der Waals surface area (Å²) in [4.78, 5) is 10.1. The molecular weight excluding hydrogens is 221 g/mol. The molecule has 0 unspecified atom stereocenters. The highest BCUT2D eigenvalue weighted by atomic mass is 35.5. The van der Waals surface area contributed by atoms with Crippen molar-refractivity contribution in [3.05, 3.63) is 17.0 Å². The van der Waals surface area contributed by atoms with Crippen molar-refractivity contribution in [2.24, 2.45) is 0 Å². The summed E-state index contributed by atoms with van der Waals surface area (Å²) in [5.74, 6) is 1.16. The normalized spacial score (nSPS) is 10.3. The highest BCUT2D eigenvalue weighted by Gasteiger charge is 2.11. The second-order valence-corrected chi connectivity index (χ2v) is 3.65. The third kappa shape index (κ3) is 2.49. The molecule has 0 aliphatic heterocycles. The van der Waals surface area contributed by atoms with E-state index in [0.29, 0.717) is 11.0 Å². The average Bonchev–Trinajstić information content (AvgIpc) is 2.17. The summed E-state index contributed by atoms with van der Waals surface area (Å²) in [6.07, 6.45) is 2.51. The van der Waals surface area contributed by atoms with Crippen LogP contribution in [0.5, 0.6) is 0 Å². The minimum absolute atomic E-state index is 0.336. The maximum Gasteiger partial charge on any atom is 0.138 e. The maximum absolute atomic E-state index is 5.91. The van der Waals surface area contributed by atoms with Crippen LogP contribution in [0.3, 0.4) is 0 Å². The molecule has 0 saturated carbocycles. The van der Waals surface area contributed by atoms with Crippen molar-refractivity contribution in [2.75, 3.05) is 18.5 Å². The van der Waals surface area contributed by atoms with E-state index in [0.717, 1.165) is 24.3 Å². The van der Waals surface area contributed by atoms with Gasteiger partial charge in [-0.15, -0.1) is 11.6 Å². The van der Waals surface area contributed by atoms with Crippen molar-refractivity contribution in [1.82, 2.24) is 9.97 Å². The smallest absolute Gasteiger partial charge is 0.138 e. The quantitative estimate of drug-likeness (QED) is 0.592. The molecule has 0 N–H and O–H groups in total. The molecule has 0 aliphatic carbocycles. The van der Waals surface area contributed by atoms with E-state index in [1.807, 2.05) is 11.9 Å². The van der Waals surface area contributed by atoms with Gasteiger partial charge in [0.05, 0.1) is 5.88 Å². The average molecular weight is 234 g/mol. The molecule has 0 radical (unpaired) electrons. The predicted octanol–water partition coefficient (Wildman–Crippen LogP) is 2.72. The summed E-state index contributed by atoms with van der Waals surface area (Å²) in [5.41, 5.74) is 0.798. The molecular formula is C9H13Cl2N3. The Balaban J connectivity index is 3.00. The van der Waals surface area contributed by atoms with Gasteiger partial charge < -0.3 is 4.90 Å². The Hall–Kier alpha value is -0.540. The van der Waals surface area contributed by atoms with Crippen LogP contribution in [0.4, 0.5) is 5.82 Å². The van der Waals surface area contributed by atoms with Gasteiger partial charge in [-0.25, -0.2) is 9.97 Å². The van der Waals surface area contributed by atoms with Crippen molar-refractivity contribution >= 4 is 29.0 Å². The van der Waals surface area contributed by atoms with Crippen LogP contribution in [0.25, 0.3) is 0 Å². The second kappa shape index (κ2) is 5.37. The summed E-state index contributed by atoms with van der Waals surface area (Å²) in [6, 6.07) is 0. The second-order valence-electron chi connectivity index (χ2n) is 3.02. The molecule has 5 heteroatoms. The Morgan fingerprint density at radius 1 is 1.43 bits per heavy atom. The molecule has 0 bridgehead atoms. The van der Waals surface area contributed by atoms with Crippen LogP contribution in [0.1, 0.15) is 18.9 Å². The largest absolute Gasteiger partial charge is 0.359 e. The van der Waals surface area contributed by atoms with Crippen molar-refractivity contribution in [2.45, 2.75) is 19.2 Å². The molecule has 0 saturated heterocycles. The lowest BCUT2D eigenvalue weighted by atomic mass is 10.3. The topological polar surface area (TPSA) is 29.0 Å². The molecule has 0 amide bonds. The monoisotopic (exact) mass is 233 g/mol. The van der Waals surface area contributed by atoms with Crippen LogP contribution in [0.2, 0.25) is 5.15 Å². The molecule has 14 heavy (non-hydrogen) atoms. The van der Waals surface area contributed by atoms with Crippen LogP contribution in [0.15, 0.2) is 6.33 Å². The first kappa shape index (κ1) is 11.5. The van der Waals surface area contributed by atoms with E-state index < -0.39 is 0 Å². The Bertz CT molecular complexity index is 304. The SMILES string of the molecule is CCCN(C)c1ncnc(Cl)c1CCl. The zero-order valence-corrected chi connectivity index (χ0v) is 9.81. The maximum atomic E-state index is 5.91. The molecule has 1 rings (SSSR count). The van der Waals surface area contributed by atoms with Gasteiger partial charge in [-0.2, -0.15) is 0 Å². The lowest BCUT2D eigenvalue weighted by Crippen LogP contribution is -2.20. The highest BCUT2D eigenvalue weighted by Crippen LogP contribution is 2.24. The molecule has 0 fully saturated rings. The molecule has 0 aliphatic rings. The first-order chi connectivity index (χ1) is 6.70. The minimum atomic E-state index is 0.336. The first-order valence-electron chi connectivity index (χ1n) is 4.47. The zero-order chi connectivity index (χ0) is 10.6. The number of nitrogens with zero attached hydrogens (tertiary/aromatic N) is 3. The van der Waals surface area contributed by atoms with Crippen LogP contribution < -0.4 is 4.90 Å². The summed E-state index contributed by atoms with van der Waals surface area (Å²) in [5, 5.41) is 0.438. The van der Waals surface area contributed by atoms with Crippen molar-refractivity contribution < 1.29 is 0 Å². The summed E-state index contributed by atoms with van der Waals surface area (Å²) in [7, 11) is 1.97. The molecule has 1 aromatic rings. The van der Waals surface area contributed by atoms with E-state index in [-0.39, 0.29) is 0 Å². The van der Waals surface area contributed by atoms with Crippen molar-refractivity contribution in [3.63, 3.8) is 0 Å². The van der Waals surface area contributed by atoms with E-state index in [9.17, 15) is 0 Å². The van der Waals surface area contributed by atoms with Crippen LogP contribution in [-0.2, 0) is 5.88 Å². The highest BCUT2D eigenvalue weighted by molar-refractivity contribution is 6.31. The van der Waals surface area contributed by atoms with Gasteiger partial charge in [0.25, 0.3) is 0 Å². The van der Waals surface area contributed by atoms with Gasteiger partial charge in [0, 0.05) is 19.2 Å². The fourth-order valence-corrected chi connectivity index (χ4v) is 1.78. The molecule has 3 nitrogen and oxygen atoms in total. The van der Waals surface area contributed by atoms with E-state index in [1.165, 1.54) is 6.33 Å². The number of aromatic nitrogens is 2. The van der Waals surface area contributed by atoms with Gasteiger partial charge in [0.15, 0.2) is 0 Å². The number of hydrogen-bond acceptors (Lipinski definition) is 3. The van der Waals surface area contributed by atoms with Gasteiger partial charge in [-0.05, 0) is 6.42 Å². The van der Waals surface area contributed by atoms with Gasteiger partial charge in [0.2, 0.25) is 0 Å². The van der Waals surface area contributed by atoms with Crippen LogP contribution in [-0.4, -0.2) is 23.6 Å². The number of alkyl halides is 1. The molecule has 1 heterocycles. The van der Waals surface area contributed by atoms with E-state index >= 15 is 0 Å². The van der Waals surface area contributed by atoms with E-state index in [1.54, 1.807) is 0 Å². The summed E-state index contributed by atoms with van der Waals surface area (Å²) >= 11 is 11.7. The fourth-order valence-electron chi connectivity index (χ4n) is 1.27. The van der Waals surface area contributed by atoms with Crippen LogP contribution >= 0.6 is 23.2 Å². The number of anilines is 1. The Morgan fingerprint density at radius 3 is 2.71 bits per heavy atom. The lowest BCUT2D eigenvalue weighted by Gasteiger charge is -2.19. The third-order valence-electron chi connectivity index (χ3n) is 1.92. The summed E-state index contributed by atoms with van der Waals surface area (Å²) in [6.45, 7) is 3.04. The van der Waals surface area contributed by atoms with E-state index in [2.05, 4.69) is 16.9 Å². The fraction of sp³-hybridized carbons (Fsp3) is 0.556. The molecule has 78 valence electrons. The van der Waals surface area contributed by atoms with Gasteiger partial charge in [-0.1, -0.05) is 18.5 Å². The van der Waals surface area contributed by atoms with Gasteiger partial charge in [-0.3, -0.25) is 0 Å². The Labute approximate surface area is 94.1 Å². The molecule has 0 aromatic carbocycles. The van der Waals surface area contributed by atoms with Gasteiger partial charge >= 0.3 is 0 Å². The van der Waals surface area contributed by atoms with Crippen LogP contribution in [0, 0.1) is 0 Å². The lowest BCUT2D eigenvalue weighted by molar-refractivity contribution is 0.828. The number of hydrogen-bond donors (Lipinski definition) is 0. The Morgan fingerprint density at radius 2 is 2.14 bits per heavy atom. The minimum Gasteiger partial charge on any atom is -0.359 e. The van der Waals surface area contributed by atoms with E-state index in [4.69, 9.17) is 23.2 Å².